The summed E-state index contributed by atoms with van der Waals surface area (Å²) < 4.78 is 0.611. The standard InChI is InChI=1S/C17H25S2Si/c1-20(16-8-3-2-4-9-16)14-15-7-5-10-17(13-15)18-11-6-12-19-17/h2-4,8-9,15H,5-7,10-14H2,1H3. The molecule has 0 N–H and O–H groups in total. The van der Waals surface area contributed by atoms with E-state index in [-0.39, 0.29) is 8.80 Å². The molecule has 109 valence electrons. The van der Waals surface area contributed by atoms with E-state index < -0.39 is 0 Å². The van der Waals surface area contributed by atoms with E-state index in [0.29, 0.717) is 4.08 Å². The van der Waals surface area contributed by atoms with Gasteiger partial charge in [-0.1, -0.05) is 61.0 Å². The maximum atomic E-state index is 2.52. The quantitative estimate of drug-likeness (QED) is 0.735. The highest BCUT2D eigenvalue weighted by Gasteiger charge is 2.39. The first-order valence-electron chi connectivity index (χ1n) is 7.93. The topological polar surface area (TPSA) is 0 Å². The molecule has 1 radical (unpaired) electrons. The minimum absolute atomic E-state index is 0.339. The van der Waals surface area contributed by atoms with Gasteiger partial charge in [0.2, 0.25) is 0 Å². The number of hydrogen-bond donors (Lipinski definition) is 0. The first-order valence-corrected chi connectivity index (χ1v) is 12.1. The van der Waals surface area contributed by atoms with Crippen molar-refractivity contribution in [2.45, 2.75) is 48.8 Å². The van der Waals surface area contributed by atoms with Gasteiger partial charge in [0.25, 0.3) is 0 Å². The van der Waals surface area contributed by atoms with E-state index in [1.807, 2.05) is 0 Å². The molecule has 0 nitrogen and oxygen atoms in total. The van der Waals surface area contributed by atoms with Crippen molar-refractivity contribution in [2.75, 3.05) is 11.5 Å². The van der Waals surface area contributed by atoms with E-state index in [1.165, 1.54) is 49.7 Å². The van der Waals surface area contributed by atoms with Crippen LogP contribution in [-0.4, -0.2) is 24.4 Å². The van der Waals surface area contributed by atoms with Gasteiger partial charge in [-0.2, -0.15) is 0 Å². The molecule has 1 spiro atoms. The van der Waals surface area contributed by atoms with Gasteiger partial charge in [0.15, 0.2) is 0 Å². The highest BCUT2D eigenvalue weighted by Crippen LogP contribution is 2.53. The van der Waals surface area contributed by atoms with Crippen LogP contribution >= 0.6 is 23.5 Å². The van der Waals surface area contributed by atoms with Crippen molar-refractivity contribution in [3.8, 4) is 0 Å². The van der Waals surface area contributed by atoms with Crippen LogP contribution in [0.15, 0.2) is 30.3 Å². The Labute approximate surface area is 134 Å². The number of benzene rings is 1. The third-order valence-electron chi connectivity index (χ3n) is 4.65. The van der Waals surface area contributed by atoms with Crippen molar-refractivity contribution in [1.82, 2.24) is 0 Å². The van der Waals surface area contributed by atoms with Crippen LogP contribution in [0.5, 0.6) is 0 Å². The summed E-state index contributed by atoms with van der Waals surface area (Å²) in [6.45, 7) is 2.52. The normalized spacial score (nSPS) is 26.0. The second-order valence-electron chi connectivity index (χ2n) is 6.27. The monoisotopic (exact) mass is 321 g/mol. The van der Waals surface area contributed by atoms with Crippen molar-refractivity contribution in [1.29, 1.82) is 0 Å². The lowest BCUT2D eigenvalue weighted by atomic mass is 9.90. The summed E-state index contributed by atoms with van der Waals surface area (Å²) in [5.74, 6) is 3.80. The van der Waals surface area contributed by atoms with Crippen LogP contribution in [0.4, 0.5) is 0 Å². The van der Waals surface area contributed by atoms with Crippen molar-refractivity contribution in [2.24, 2.45) is 5.92 Å². The van der Waals surface area contributed by atoms with Crippen molar-refractivity contribution < 1.29 is 0 Å². The fourth-order valence-corrected chi connectivity index (χ4v) is 9.46. The summed E-state index contributed by atoms with van der Waals surface area (Å²) in [4.78, 5) is 0. The maximum Gasteiger partial charge on any atom is 0.0826 e. The van der Waals surface area contributed by atoms with Crippen LogP contribution < -0.4 is 5.19 Å². The Morgan fingerprint density at radius 2 is 1.90 bits per heavy atom. The zero-order valence-electron chi connectivity index (χ0n) is 12.4. The van der Waals surface area contributed by atoms with Crippen LogP contribution in [0.3, 0.4) is 0 Å². The van der Waals surface area contributed by atoms with Crippen LogP contribution in [0.1, 0.15) is 32.1 Å². The Bertz CT molecular complexity index is 409. The van der Waals surface area contributed by atoms with Gasteiger partial charge in [-0.05, 0) is 36.7 Å². The lowest BCUT2D eigenvalue weighted by Crippen LogP contribution is -2.35. The first-order chi connectivity index (χ1) is 9.77. The summed E-state index contributed by atoms with van der Waals surface area (Å²) >= 11 is 4.57. The molecule has 1 aromatic rings. The molecule has 3 rings (SSSR count). The molecule has 1 aliphatic carbocycles. The molecule has 1 unspecified atom stereocenters. The Kier molecular flexibility index (Phi) is 5.22. The van der Waals surface area contributed by atoms with E-state index in [2.05, 4.69) is 60.4 Å². The van der Waals surface area contributed by atoms with Gasteiger partial charge in [-0.15, -0.1) is 23.5 Å². The fraction of sp³-hybridized carbons (Fsp3) is 0.647. The smallest absolute Gasteiger partial charge is 0.0826 e. The molecule has 0 bridgehead atoms. The van der Waals surface area contributed by atoms with E-state index >= 15 is 0 Å². The molecule has 1 aliphatic heterocycles. The van der Waals surface area contributed by atoms with Crippen molar-refractivity contribution in [3.05, 3.63) is 30.3 Å². The molecule has 1 aromatic carbocycles. The van der Waals surface area contributed by atoms with E-state index in [4.69, 9.17) is 0 Å². The molecule has 1 heterocycles. The molecule has 0 amide bonds. The predicted molar refractivity (Wildman–Crippen MR) is 96.7 cm³/mol. The number of rotatable bonds is 3. The minimum atomic E-state index is -0.339. The molecule has 1 atom stereocenters. The molecule has 20 heavy (non-hydrogen) atoms. The molecule has 1 saturated carbocycles. The predicted octanol–water partition coefficient (Wildman–Crippen LogP) is 4.77. The summed E-state index contributed by atoms with van der Waals surface area (Å²) in [7, 11) is -0.339. The van der Waals surface area contributed by atoms with Gasteiger partial charge in [0.05, 0.1) is 12.9 Å². The molecule has 0 aromatic heterocycles. The zero-order chi connectivity index (χ0) is 13.8. The zero-order valence-corrected chi connectivity index (χ0v) is 15.1. The van der Waals surface area contributed by atoms with E-state index in [9.17, 15) is 0 Å². The van der Waals surface area contributed by atoms with Crippen LogP contribution in [0, 0.1) is 5.92 Å². The van der Waals surface area contributed by atoms with Crippen LogP contribution in [0.2, 0.25) is 12.6 Å². The lowest BCUT2D eigenvalue weighted by Gasteiger charge is -2.43. The van der Waals surface area contributed by atoms with Gasteiger partial charge < -0.3 is 0 Å². The maximum absolute atomic E-state index is 2.52. The molecular formula is C17H25S2Si. The van der Waals surface area contributed by atoms with Crippen molar-refractivity contribution in [3.63, 3.8) is 0 Å². The Morgan fingerprint density at radius 1 is 1.15 bits per heavy atom. The third-order valence-corrected chi connectivity index (χ3v) is 10.6. The van der Waals surface area contributed by atoms with Gasteiger partial charge in [0.1, 0.15) is 0 Å². The highest BCUT2D eigenvalue weighted by atomic mass is 32.2. The van der Waals surface area contributed by atoms with Gasteiger partial charge in [0, 0.05) is 0 Å². The fourth-order valence-electron chi connectivity index (χ4n) is 3.63. The average molecular weight is 322 g/mol. The Morgan fingerprint density at radius 3 is 2.65 bits per heavy atom. The minimum Gasteiger partial charge on any atom is -0.144 e. The summed E-state index contributed by atoms with van der Waals surface area (Å²) in [6, 6.07) is 12.7. The highest BCUT2D eigenvalue weighted by molar-refractivity contribution is 8.18. The number of hydrogen-bond acceptors (Lipinski definition) is 2. The largest absolute Gasteiger partial charge is 0.144 e. The molecule has 2 fully saturated rings. The van der Waals surface area contributed by atoms with E-state index in [0.717, 1.165) is 5.92 Å². The lowest BCUT2D eigenvalue weighted by molar-refractivity contribution is 0.374. The van der Waals surface area contributed by atoms with Gasteiger partial charge >= 0.3 is 0 Å². The number of thioether (sulfide) groups is 2. The molecular weight excluding hydrogens is 296 g/mol. The van der Waals surface area contributed by atoms with Crippen LogP contribution in [0.25, 0.3) is 0 Å². The SMILES string of the molecule is C[Si](CC1CCCC2(C1)SCCCS2)c1ccccc1. The first kappa shape index (κ1) is 15.0. The Balaban J connectivity index is 1.60. The molecule has 2 aliphatic rings. The third kappa shape index (κ3) is 3.66. The van der Waals surface area contributed by atoms with Crippen molar-refractivity contribution >= 4 is 37.5 Å². The summed E-state index contributed by atoms with van der Waals surface area (Å²) in [6.07, 6.45) is 7.33. The van der Waals surface area contributed by atoms with Gasteiger partial charge in [-0.3, -0.25) is 0 Å². The molecule has 1 saturated heterocycles. The molecule has 3 heteroatoms. The van der Waals surface area contributed by atoms with Crippen LogP contribution in [-0.2, 0) is 0 Å². The second kappa shape index (κ2) is 6.93. The average Bonchev–Trinajstić information content (AvgIpc) is 2.49. The summed E-state index contributed by atoms with van der Waals surface area (Å²) in [5.41, 5.74) is 0. The Hall–Kier alpha value is 0.137. The summed E-state index contributed by atoms with van der Waals surface area (Å²) in [5, 5.41) is 1.63. The van der Waals surface area contributed by atoms with Gasteiger partial charge in [-0.25, -0.2) is 0 Å². The second-order valence-corrected chi connectivity index (χ2v) is 12.0. The van der Waals surface area contributed by atoms with E-state index in [1.54, 1.807) is 5.19 Å².